The van der Waals surface area contributed by atoms with Gasteiger partial charge in [-0.25, -0.2) is 0 Å². The molecular weight excluding hydrogens is 552 g/mol. The van der Waals surface area contributed by atoms with Crippen LogP contribution in [-0.4, -0.2) is 23.9 Å². The van der Waals surface area contributed by atoms with Crippen molar-refractivity contribution in [2.45, 2.75) is 57.8 Å². The van der Waals surface area contributed by atoms with E-state index in [-0.39, 0.29) is 21.2 Å². The molecule has 1 aliphatic carbocycles. The Hall–Kier alpha value is -4.17. The molecule has 0 saturated heterocycles. The second-order valence-corrected chi connectivity index (χ2v) is 12.2. The molecule has 0 aromatic heterocycles. The Morgan fingerprint density at radius 3 is 2.36 bits per heavy atom. The topological polar surface area (TPSA) is 102 Å². The smallest absolute Gasteiger partial charge is 0.269 e. The summed E-state index contributed by atoms with van der Waals surface area (Å²) in [6.07, 6.45) is 10.7. The van der Waals surface area contributed by atoms with Gasteiger partial charge in [0.05, 0.1) is 9.85 Å². The van der Waals surface area contributed by atoms with Crippen LogP contribution in [0.2, 0.25) is 0 Å². The quantitative estimate of drug-likeness (QED) is 0.188. The van der Waals surface area contributed by atoms with Crippen LogP contribution in [0.5, 0.6) is 0 Å². The summed E-state index contributed by atoms with van der Waals surface area (Å²) in [5.74, 6) is 0. The molecule has 1 aliphatic heterocycles. The summed E-state index contributed by atoms with van der Waals surface area (Å²) < 4.78 is 0. The lowest BCUT2D eigenvalue weighted by molar-refractivity contribution is -0.385. The van der Waals surface area contributed by atoms with Gasteiger partial charge >= 0.3 is 0 Å². The highest BCUT2D eigenvalue weighted by Crippen LogP contribution is 2.48. The second kappa shape index (κ2) is 11.6. The number of fused-ring (bicyclic) bond motifs is 1. The van der Waals surface area contributed by atoms with E-state index in [4.69, 9.17) is 11.6 Å². The van der Waals surface area contributed by atoms with E-state index >= 15 is 0 Å². The van der Waals surface area contributed by atoms with Crippen LogP contribution in [0.25, 0.3) is 0 Å². The first-order valence-electron chi connectivity index (χ1n) is 13.9. The molecule has 8 nitrogen and oxygen atoms in total. The van der Waals surface area contributed by atoms with Crippen molar-refractivity contribution < 1.29 is 9.85 Å². The molecule has 0 amide bonds. The SMILES string of the molecule is C=C(/C=C/C1=C(Cl)C(=C/C=C2/N(C)c3ccc([N+](=O)[O-])cc3C2(C)C)/CCC1)C(C)(C)c1cc([N+](=O)[O-])ccc1NC. The summed E-state index contributed by atoms with van der Waals surface area (Å²) >= 11 is 6.93. The molecule has 9 heteroatoms. The average molecular weight is 589 g/mol. The first-order chi connectivity index (χ1) is 19.7. The molecule has 0 bridgehead atoms. The molecule has 4 rings (SSSR count). The van der Waals surface area contributed by atoms with Crippen LogP contribution >= 0.6 is 11.6 Å². The minimum absolute atomic E-state index is 0.0354. The fourth-order valence-corrected chi connectivity index (χ4v) is 6.10. The number of hydrogen-bond donors (Lipinski definition) is 1. The zero-order valence-electron chi connectivity index (χ0n) is 25.0. The van der Waals surface area contributed by atoms with Crippen molar-refractivity contribution in [3.63, 3.8) is 0 Å². The number of nitro groups is 2. The number of allylic oxidation sites excluding steroid dienone is 9. The molecule has 1 heterocycles. The van der Waals surface area contributed by atoms with Gasteiger partial charge in [0.25, 0.3) is 11.4 Å². The van der Waals surface area contributed by atoms with Crippen LogP contribution in [-0.2, 0) is 10.8 Å². The van der Waals surface area contributed by atoms with Crippen molar-refractivity contribution >= 4 is 34.4 Å². The predicted octanol–water partition coefficient (Wildman–Crippen LogP) is 8.85. The van der Waals surface area contributed by atoms with E-state index in [1.54, 1.807) is 37.4 Å². The Labute approximate surface area is 252 Å². The Bertz CT molecular complexity index is 1600. The summed E-state index contributed by atoms with van der Waals surface area (Å²) in [6.45, 7) is 12.5. The molecule has 2 aromatic carbocycles. The molecule has 0 atom stereocenters. The number of likely N-dealkylation sites (N-methyl/N-ethyl adjacent to an activating group) is 1. The van der Waals surface area contributed by atoms with Gasteiger partial charge in [0.1, 0.15) is 0 Å². The molecule has 220 valence electrons. The molecular formula is C33H37ClN4O4. The standard InChI is InChI=1S/C33H37ClN4O4/c1-21(32(2,3)26-19-24(37(39)40)14-16-28(26)35-6)11-12-22-9-8-10-23(31(22)34)13-18-30-33(4,5)27-20-25(38(41)42)15-17-29(27)36(30)7/h11-20,35H,1,8-10H2,2-7H3/b12-11+,23-13+,30-18+. The Kier molecular flexibility index (Phi) is 8.51. The van der Waals surface area contributed by atoms with Crippen LogP contribution in [0.15, 0.2) is 94.7 Å². The maximum atomic E-state index is 11.4. The molecule has 42 heavy (non-hydrogen) atoms. The van der Waals surface area contributed by atoms with E-state index in [0.29, 0.717) is 5.03 Å². The first-order valence-corrected chi connectivity index (χ1v) is 14.2. The van der Waals surface area contributed by atoms with Gasteiger partial charge in [-0.1, -0.05) is 64.1 Å². The van der Waals surface area contributed by atoms with Crippen LogP contribution < -0.4 is 10.2 Å². The zero-order chi connectivity index (χ0) is 31.0. The Balaban J connectivity index is 1.62. The summed E-state index contributed by atoms with van der Waals surface area (Å²) in [6, 6.07) is 9.83. The van der Waals surface area contributed by atoms with Crippen molar-refractivity contribution in [2.24, 2.45) is 0 Å². The van der Waals surface area contributed by atoms with Crippen molar-refractivity contribution in [2.75, 3.05) is 24.3 Å². The number of benzene rings is 2. The Morgan fingerprint density at radius 1 is 1.07 bits per heavy atom. The lowest BCUT2D eigenvalue weighted by atomic mass is 9.76. The first kappa shape index (κ1) is 30.8. The van der Waals surface area contributed by atoms with Gasteiger partial charge in [-0.15, -0.1) is 0 Å². The lowest BCUT2D eigenvalue weighted by Crippen LogP contribution is -2.22. The average Bonchev–Trinajstić information content (AvgIpc) is 3.14. The highest BCUT2D eigenvalue weighted by Gasteiger charge is 2.39. The molecule has 0 fully saturated rings. The number of halogens is 1. The Morgan fingerprint density at radius 2 is 1.71 bits per heavy atom. The summed E-state index contributed by atoms with van der Waals surface area (Å²) in [7, 11) is 3.77. The molecule has 2 aromatic rings. The van der Waals surface area contributed by atoms with Gasteiger partial charge in [-0.05, 0) is 65.3 Å². The van der Waals surface area contributed by atoms with E-state index in [0.717, 1.165) is 64.2 Å². The fourth-order valence-electron chi connectivity index (χ4n) is 5.79. The van der Waals surface area contributed by atoms with E-state index in [9.17, 15) is 20.2 Å². The van der Waals surface area contributed by atoms with E-state index in [2.05, 4.69) is 42.8 Å². The highest BCUT2D eigenvalue weighted by atomic mass is 35.5. The van der Waals surface area contributed by atoms with Crippen LogP contribution in [0, 0.1) is 20.2 Å². The van der Waals surface area contributed by atoms with Crippen molar-refractivity contribution in [3.05, 3.63) is 126 Å². The van der Waals surface area contributed by atoms with Crippen LogP contribution in [0.4, 0.5) is 22.7 Å². The number of rotatable bonds is 8. The molecule has 1 N–H and O–H groups in total. The van der Waals surface area contributed by atoms with E-state index in [1.807, 2.05) is 33.0 Å². The van der Waals surface area contributed by atoms with Crippen molar-refractivity contribution in [1.82, 2.24) is 0 Å². The minimum Gasteiger partial charge on any atom is -0.388 e. The van der Waals surface area contributed by atoms with E-state index < -0.39 is 10.8 Å². The number of nitrogens with one attached hydrogen (secondary N) is 1. The van der Waals surface area contributed by atoms with Crippen LogP contribution in [0.1, 0.15) is 58.1 Å². The van der Waals surface area contributed by atoms with E-state index in [1.165, 1.54) is 6.07 Å². The number of nitro benzene ring substituents is 2. The van der Waals surface area contributed by atoms with Gasteiger partial charge in [0.15, 0.2) is 0 Å². The van der Waals surface area contributed by atoms with Gasteiger partial charge in [0.2, 0.25) is 0 Å². The van der Waals surface area contributed by atoms with Crippen molar-refractivity contribution in [1.29, 1.82) is 0 Å². The monoisotopic (exact) mass is 588 g/mol. The second-order valence-electron chi connectivity index (χ2n) is 11.8. The van der Waals surface area contributed by atoms with Gasteiger partial charge in [-0.3, -0.25) is 20.2 Å². The molecule has 0 saturated carbocycles. The summed E-state index contributed by atoms with van der Waals surface area (Å²) in [5, 5.41) is 26.6. The van der Waals surface area contributed by atoms with Gasteiger partial charge in [0, 0.05) is 71.3 Å². The van der Waals surface area contributed by atoms with Gasteiger partial charge in [-0.2, -0.15) is 0 Å². The van der Waals surface area contributed by atoms with Gasteiger partial charge < -0.3 is 10.2 Å². The largest absolute Gasteiger partial charge is 0.388 e. The maximum Gasteiger partial charge on any atom is 0.269 e. The molecule has 2 aliphatic rings. The molecule has 0 unspecified atom stereocenters. The predicted molar refractivity (Wildman–Crippen MR) is 171 cm³/mol. The number of nitrogens with zero attached hydrogens (tertiary/aromatic N) is 3. The third-order valence-electron chi connectivity index (χ3n) is 8.57. The fraction of sp³-hybridized carbons (Fsp3) is 0.333. The summed E-state index contributed by atoms with van der Waals surface area (Å²) in [4.78, 5) is 24.1. The molecule has 0 spiro atoms. The zero-order valence-corrected chi connectivity index (χ0v) is 25.7. The third kappa shape index (κ3) is 5.63. The number of non-ortho nitro benzene ring substituents is 2. The van der Waals surface area contributed by atoms with Crippen molar-refractivity contribution in [3.8, 4) is 0 Å². The minimum atomic E-state index is -0.575. The normalized spacial score (nSPS) is 18.6. The molecule has 0 radical (unpaired) electrons. The number of hydrogen-bond acceptors (Lipinski definition) is 6. The lowest BCUT2D eigenvalue weighted by Gasteiger charge is -2.28. The highest BCUT2D eigenvalue weighted by molar-refractivity contribution is 6.32. The third-order valence-corrected chi connectivity index (χ3v) is 9.06. The summed E-state index contributed by atoms with van der Waals surface area (Å²) in [5.41, 5.74) is 6.48. The number of anilines is 2. The van der Waals surface area contributed by atoms with Crippen LogP contribution in [0.3, 0.4) is 0 Å². The maximum absolute atomic E-state index is 11.4.